The minimum absolute atomic E-state index is 0.0960. The van der Waals surface area contributed by atoms with Gasteiger partial charge < -0.3 is 4.74 Å². The van der Waals surface area contributed by atoms with Gasteiger partial charge in [-0.1, -0.05) is 0 Å². The van der Waals surface area contributed by atoms with Crippen LogP contribution in [0.3, 0.4) is 0 Å². The van der Waals surface area contributed by atoms with Crippen LogP contribution in [0, 0.1) is 10.1 Å². The van der Waals surface area contributed by atoms with Crippen molar-refractivity contribution in [3.63, 3.8) is 0 Å². The molecule has 2 rings (SSSR count). The van der Waals surface area contributed by atoms with Crippen LogP contribution in [0.25, 0.3) is 0 Å². The molecular formula is C12H7BrN2O4. The van der Waals surface area contributed by atoms with Crippen molar-refractivity contribution in [3.8, 4) is 11.6 Å². The number of aldehydes is 1. The third-order valence-electron chi connectivity index (χ3n) is 2.26. The SMILES string of the molecule is O=Cc1cccnc1Oc1cc([N+](=O)[O-])ccc1Br. The van der Waals surface area contributed by atoms with Crippen LogP contribution in [0.15, 0.2) is 41.0 Å². The van der Waals surface area contributed by atoms with Gasteiger partial charge in [0, 0.05) is 12.3 Å². The minimum Gasteiger partial charge on any atom is -0.437 e. The molecule has 0 fully saturated rings. The van der Waals surface area contributed by atoms with E-state index in [9.17, 15) is 14.9 Å². The van der Waals surface area contributed by atoms with E-state index >= 15 is 0 Å². The molecule has 0 unspecified atom stereocenters. The van der Waals surface area contributed by atoms with Crippen LogP contribution in [0.1, 0.15) is 10.4 Å². The Morgan fingerprint density at radius 1 is 1.37 bits per heavy atom. The zero-order chi connectivity index (χ0) is 13.8. The van der Waals surface area contributed by atoms with E-state index in [0.717, 1.165) is 0 Å². The molecule has 1 heterocycles. The molecule has 0 bridgehead atoms. The molecule has 0 amide bonds. The maximum absolute atomic E-state index is 10.8. The lowest BCUT2D eigenvalue weighted by Crippen LogP contribution is -1.95. The van der Waals surface area contributed by atoms with Gasteiger partial charge in [0.25, 0.3) is 5.69 Å². The summed E-state index contributed by atoms with van der Waals surface area (Å²) in [4.78, 5) is 24.9. The number of nitro benzene ring substituents is 1. The Labute approximate surface area is 116 Å². The fourth-order valence-corrected chi connectivity index (χ4v) is 1.69. The highest BCUT2D eigenvalue weighted by Crippen LogP contribution is 2.33. The van der Waals surface area contributed by atoms with E-state index in [4.69, 9.17) is 4.74 Å². The maximum Gasteiger partial charge on any atom is 0.273 e. The lowest BCUT2D eigenvalue weighted by Gasteiger charge is -2.07. The van der Waals surface area contributed by atoms with Crippen molar-refractivity contribution in [2.75, 3.05) is 0 Å². The topological polar surface area (TPSA) is 82.3 Å². The summed E-state index contributed by atoms with van der Waals surface area (Å²) < 4.78 is 5.96. The number of carbonyl (C=O) groups is 1. The second-order valence-corrected chi connectivity index (χ2v) is 4.34. The third kappa shape index (κ3) is 2.94. The number of rotatable bonds is 4. The van der Waals surface area contributed by atoms with Crippen molar-refractivity contribution in [1.82, 2.24) is 4.98 Å². The summed E-state index contributed by atoms with van der Waals surface area (Å²) in [6.07, 6.45) is 2.07. The second-order valence-electron chi connectivity index (χ2n) is 3.49. The highest BCUT2D eigenvalue weighted by atomic mass is 79.9. The predicted molar refractivity (Wildman–Crippen MR) is 70.5 cm³/mol. The minimum atomic E-state index is -0.529. The molecule has 0 aliphatic rings. The average Bonchev–Trinajstić information content (AvgIpc) is 2.41. The zero-order valence-corrected chi connectivity index (χ0v) is 11.0. The monoisotopic (exact) mass is 322 g/mol. The van der Waals surface area contributed by atoms with Crippen LogP contribution in [-0.4, -0.2) is 16.2 Å². The molecule has 0 aliphatic carbocycles. The van der Waals surface area contributed by atoms with Crippen molar-refractivity contribution >= 4 is 27.9 Å². The summed E-state index contributed by atoms with van der Waals surface area (Å²) in [5.41, 5.74) is 0.155. The molecule has 0 spiro atoms. The van der Waals surface area contributed by atoms with Gasteiger partial charge in [-0.05, 0) is 34.1 Å². The van der Waals surface area contributed by atoms with E-state index in [1.807, 2.05) is 0 Å². The first kappa shape index (κ1) is 13.2. The van der Waals surface area contributed by atoms with Gasteiger partial charge in [0.15, 0.2) is 12.0 Å². The molecule has 0 saturated carbocycles. The summed E-state index contributed by atoms with van der Waals surface area (Å²) in [5, 5.41) is 10.7. The molecule has 19 heavy (non-hydrogen) atoms. The molecule has 6 nitrogen and oxygen atoms in total. The second kappa shape index (κ2) is 5.57. The van der Waals surface area contributed by atoms with E-state index in [2.05, 4.69) is 20.9 Å². The Bertz CT molecular complexity index is 645. The molecule has 0 N–H and O–H groups in total. The number of pyridine rings is 1. The molecular weight excluding hydrogens is 316 g/mol. The molecule has 1 aromatic carbocycles. The van der Waals surface area contributed by atoms with Crippen LogP contribution in [-0.2, 0) is 0 Å². The Kier molecular flexibility index (Phi) is 3.86. The number of nitro groups is 1. The fourth-order valence-electron chi connectivity index (χ4n) is 1.37. The first-order valence-corrected chi connectivity index (χ1v) is 5.93. The summed E-state index contributed by atoms with van der Waals surface area (Å²) in [5.74, 6) is 0.315. The van der Waals surface area contributed by atoms with Gasteiger partial charge in [-0.2, -0.15) is 0 Å². The summed E-state index contributed by atoms with van der Waals surface area (Å²) in [6, 6.07) is 7.24. The van der Waals surface area contributed by atoms with Crippen molar-refractivity contribution < 1.29 is 14.5 Å². The Balaban J connectivity index is 2.40. The van der Waals surface area contributed by atoms with E-state index in [-0.39, 0.29) is 22.9 Å². The number of aromatic nitrogens is 1. The van der Waals surface area contributed by atoms with Gasteiger partial charge in [0.1, 0.15) is 0 Å². The highest BCUT2D eigenvalue weighted by molar-refractivity contribution is 9.10. The standard InChI is InChI=1S/C12H7BrN2O4/c13-10-4-3-9(15(17)18)6-11(10)19-12-8(7-16)2-1-5-14-12/h1-7H. The fraction of sp³-hybridized carbons (Fsp3) is 0. The predicted octanol–water partition coefficient (Wildman–Crippen LogP) is 3.36. The van der Waals surface area contributed by atoms with Gasteiger partial charge >= 0.3 is 0 Å². The number of hydrogen-bond acceptors (Lipinski definition) is 5. The van der Waals surface area contributed by atoms with Crippen LogP contribution in [0.5, 0.6) is 11.6 Å². The number of non-ortho nitro benzene ring substituents is 1. The van der Waals surface area contributed by atoms with Gasteiger partial charge in [0.2, 0.25) is 5.88 Å². The number of hydrogen-bond donors (Lipinski definition) is 0. The Morgan fingerprint density at radius 3 is 2.84 bits per heavy atom. The van der Waals surface area contributed by atoms with Crippen LogP contribution in [0.2, 0.25) is 0 Å². The quantitative estimate of drug-likeness (QED) is 0.489. The Hall–Kier alpha value is -2.28. The van der Waals surface area contributed by atoms with E-state index in [1.54, 1.807) is 12.1 Å². The molecule has 1 aromatic heterocycles. The van der Waals surface area contributed by atoms with Crippen molar-refractivity contribution in [1.29, 1.82) is 0 Å². The first-order chi connectivity index (χ1) is 9.11. The Morgan fingerprint density at radius 2 is 2.16 bits per heavy atom. The van der Waals surface area contributed by atoms with Crippen LogP contribution in [0.4, 0.5) is 5.69 Å². The average molecular weight is 323 g/mol. The first-order valence-electron chi connectivity index (χ1n) is 5.14. The molecule has 7 heteroatoms. The maximum atomic E-state index is 10.8. The van der Waals surface area contributed by atoms with Crippen LogP contribution >= 0.6 is 15.9 Å². The third-order valence-corrected chi connectivity index (χ3v) is 2.91. The largest absolute Gasteiger partial charge is 0.437 e. The summed E-state index contributed by atoms with van der Waals surface area (Å²) in [7, 11) is 0. The number of carbonyl (C=O) groups excluding carboxylic acids is 1. The lowest BCUT2D eigenvalue weighted by molar-refractivity contribution is -0.384. The van der Waals surface area contributed by atoms with Crippen molar-refractivity contribution in [2.24, 2.45) is 0 Å². The van der Waals surface area contributed by atoms with E-state index < -0.39 is 4.92 Å². The number of halogens is 1. The normalized spacial score (nSPS) is 9.95. The van der Waals surface area contributed by atoms with Gasteiger partial charge in [-0.3, -0.25) is 14.9 Å². The molecule has 0 radical (unpaired) electrons. The van der Waals surface area contributed by atoms with Gasteiger partial charge in [-0.25, -0.2) is 4.98 Å². The smallest absolute Gasteiger partial charge is 0.273 e. The highest BCUT2D eigenvalue weighted by Gasteiger charge is 2.13. The molecule has 0 atom stereocenters. The molecule has 0 aliphatic heterocycles. The number of nitrogens with zero attached hydrogens (tertiary/aromatic N) is 2. The van der Waals surface area contributed by atoms with Gasteiger partial charge in [-0.15, -0.1) is 0 Å². The number of benzene rings is 1. The number of ether oxygens (including phenoxy) is 1. The van der Waals surface area contributed by atoms with Crippen molar-refractivity contribution in [2.45, 2.75) is 0 Å². The lowest BCUT2D eigenvalue weighted by atomic mass is 10.3. The molecule has 96 valence electrons. The van der Waals surface area contributed by atoms with Gasteiger partial charge in [0.05, 0.1) is 21.0 Å². The summed E-state index contributed by atoms with van der Waals surface area (Å²) >= 11 is 3.22. The molecule has 2 aromatic rings. The molecule has 0 saturated heterocycles. The van der Waals surface area contributed by atoms with Crippen molar-refractivity contribution in [3.05, 3.63) is 56.7 Å². The zero-order valence-electron chi connectivity index (χ0n) is 9.45. The van der Waals surface area contributed by atoms with E-state index in [1.165, 1.54) is 24.4 Å². The van der Waals surface area contributed by atoms with E-state index in [0.29, 0.717) is 10.8 Å². The van der Waals surface area contributed by atoms with Crippen LogP contribution < -0.4 is 4.74 Å². The summed E-state index contributed by atoms with van der Waals surface area (Å²) in [6.45, 7) is 0.